The molecule has 1 heterocycles. The third-order valence-electron chi connectivity index (χ3n) is 5.09. The highest BCUT2D eigenvalue weighted by Crippen LogP contribution is 2.25. The lowest BCUT2D eigenvalue weighted by molar-refractivity contribution is 0.0951. The summed E-state index contributed by atoms with van der Waals surface area (Å²) in [7, 11) is 0. The zero-order chi connectivity index (χ0) is 22.3. The van der Waals surface area contributed by atoms with Gasteiger partial charge in [-0.25, -0.2) is 9.97 Å². The largest absolute Gasteiger partial charge is 0.348 e. The second-order valence-electron chi connectivity index (χ2n) is 7.41. The van der Waals surface area contributed by atoms with Gasteiger partial charge < -0.3 is 5.32 Å². The summed E-state index contributed by atoms with van der Waals surface area (Å²) in [6, 6.07) is 24.8. The number of hydrogen-bond acceptors (Lipinski definition) is 4. The van der Waals surface area contributed by atoms with Crippen molar-refractivity contribution >= 4 is 28.5 Å². The number of rotatable bonds is 7. The Hall–Kier alpha value is -3.75. The number of carbonyl (C=O) groups is 1. The van der Waals surface area contributed by atoms with Crippen molar-refractivity contribution in [2.24, 2.45) is 0 Å². The molecule has 158 valence electrons. The molecule has 1 amide bonds. The second-order valence-corrected chi connectivity index (χ2v) is 7.85. The number of nitrogens with one attached hydrogen (secondary N) is 1. The average Bonchev–Trinajstić information content (AvgIpc) is 2.82. The van der Waals surface area contributed by atoms with Crippen molar-refractivity contribution in [2.45, 2.75) is 25.8 Å². The number of amides is 1. The van der Waals surface area contributed by atoms with Crippen LogP contribution >= 0.6 is 11.6 Å². The molecule has 4 aromatic rings. The van der Waals surface area contributed by atoms with Crippen molar-refractivity contribution in [3.63, 3.8) is 0 Å². The van der Waals surface area contributed by atoms with E-state index in [0.29, 0.717) is 41.9 Å². The first-order chi connectivity index (χ1) is 15.6. The van der Waals surface area contributed by atoms with Crippen molar-refractivity contribution in [3.05, 3.63) is 94.6 Å². The van der Waals surface area contributed by atoms with E-state index in [9.17, 15) is 4.79 Å². The van der Waals surface area contributed by atoms with Crippen LogP contribution in [0.2, 0.25) is 5.02 Å². The molecule has 0 aliphatic heterocycles. The summed E-state index contributed by atoms with van der Waals surface area (Å²) >= 11 is 6.01. The zero-order valence-electron chi connectivity index (χ0n) is 17.4. The molecule has 5 nitrogen and oxygen atoms in total. The van der Waals surface area contributed by atoms with Crippen LogP contribution in [0.3, 0.4) is 0 Å². The first-order valence-corrected chi connectivity index (χ1v) is 10.8. The summed E-state index contributed by atoms with van der Waals surface area (Å²) in [5.41, 5.74) is 5.45. The second kappa shape index (κ2) is 10.0. The molecule has 0 atom stereocenters. The molecule has 0 aliphatic rings. The zero-order valence-corrected chi connectivity index (χ0v) is 18.1. The van der Waals surface area contributed by atoms with Crippen molar-refractivity contribution in [3.8, 4) is 17.3 Å². The van der Waals surface area contributed by atoms with Crippen LogP contribution in [-0.2, 0) is 13.0 Å². The molecular weight excluding hydrogens is 420 g/mol. The molecule has 0 saturated heterocycles. The van der Waals surface area contributed by atoms with Crippen LogP contribution in [0.15, 0.2) is 72.8 Å². The molecule has 0 spiro atoms. The van der Waals surface area contributed by atoms with E-state index in [4.69, 9.17) is 26.8 Å². The summed E-state index contributed by atoms with van der Waals surface area (Å²) in [5, 5.41) is 12.5. The minimum atomic E-state index is -0.188. The molecule has 0 radical (unpaired) electrons. The SMILES string of the molecule is N#CCCCc1nc2cc(C(=O)NCc3cccc(Cl)c3)ccc2nc1-c1ccccc1. The van der Waals surface area contributed by atoms with Gasteiger partial charge in [-0.3, -0.25) is 4.79 Å². The molecule has 1 aromatic heterocycles. The predicted octanol–water partition coefficient (Wildman–Crippen LogP) is 5.73. The van der Waals surface area contributed by atoms with Gasteiger partial charge in [-0.1, -0.05) is 54.1 Å². The fourth-order valence-electron chi connectivity index (χ4n) is 3.50. The third kappa shape index (κ3) is 5.11. The highest BCUT2D eigenvalue weighted by atomic mass is 35.5. The van der Waals surface area contributed by atoms with Crippen molar-refractivity contribution in [1.82, 2.24) is 15.3 Å². The number of unbranched alkanes of at least 4 members (excludes halogenated alkanes) is 1. The van der Waals surface area contributed by atoms with Gasteiger partial charge in [-0.2, -0.15) is 5.26 Å². The standard InChI is InChI=1S/C26H21ClN4O/c27-21-10-6-7-18(15-21)17-29-26(32)20-12-13-22-24(16-20)30-23(11-4-5-14-28)25(31-22)19-8-2-1-3-9-19/h1-3,6-10,12-13,15-16H,4-5,11,17H2,(H,29,32). The van der Waals surface area contributed by atoms with E-state index in [0.717, 1.165) is 28.0 Å². The van der Waals surface area contributed by atoms with Crippen molar-refractivity contribution < 1.29 is 4.79 Å². The average molecular weight is 441 g/mol. The lowest BCUT2D eigenvalue weighted by Crippen LogP contribution is -2.22. The molecule has 3 aromatic carbocycles. The number of fused-ring (bicyclic) bond motifs is 1. The minimum Gasteiger partial charge on any atom is -0.348 e. The van der Waals surface area contributed by atoms with Gasteiger partial charge >= 0.3 is 0 Å². The predicted molar refractivity (Wildman–Crippen MR) is 126 cm³/mol. The summed E-state index contributed by atoms with van der Waals surface area (Å²) in [6.07, 6.45) is 1.81. The number of nitrogens with zero attached hydrogens (tertiary/aromatic N) is 3. The maximum atomic E-state index is 12.7. The molecule has 6 heteroatoms. The summed E-state index contributed by atoms with van der Waals surface area (Å²) in [6.45, 7) is 0.384. The molecule has 0 bridgehead atoms. The van der Waals surface area contributed by atoms with Gasteiger partial charge in [-0.15, -0.1) is 0 Å². The van der Waals surface area contributed by atoms with Crippen LogP contribution in [0.1, 0.15) is 34.5 Å². The smallest absolute Gasteiger partial charge is 0.251 e. The van der Waals surface area contributed by atoms with Crippen LogP contribution in [0.25, 0.3) is 22.3 Å². The van der Waals surface area contributed by atoms with Gasteiger partial charge in [0.25, 0.3) is 5.91 Å². The molecule has 4 rings (SSSR count). The Labute approximate surface area is 191 Å². The van der Waals surface area contributed by atoms with E-state index in [1.165, 1.54) is 0 Å². The van der Waals surface area contributed by atoms with Gasteiger partial charge in [0.2, 0.25) is 0 Å². The van der Waals surface area contributed by atoms with Crippen LogP contribution in [0, 0.1) is 11.3 Å². The topological polar surface area (TPSA) is 78.7 Å². The molecule has 0 fully saturated rings. The van der Waals surface area contributed by atoms with Crippen LogP contribution in [0.5, 0.6) is 0 Å². The number of hydrogen-bond donors (Lipinski definition) is 1. The van der Waals surface area contributed by atoms with E-state index < -0.39 is 0 Å². The molecule has 0 unspecified atom stereocenters. The Morgan fingerprint density at radius 1 is 0.969 bits per heavy atom. The normalized spacial score (nSPS) is 10.6. The van der Waals surface area contributed by atoms with Gasteiger partial charge in [-0.05, 0) is 48.7 Å². The van der Waals surface area contributed by atoms with Crippen molar-refractivity contribution in [1.29, 1.82) is 5.26 Å². The maximum absolute atomic E-state index is 12.7. The van der Waals surface area contributed by atoms with Crippen LogP contribution in [0.4, 0.5) is 0 Å². The van der Waals surface area contributed by atoms with E-state index in [1.807, 2.05) is 54.6 Å². The summed E-state index contributed by atoms with van der Waals surface area (Å²) < 4.78 is 0. The van der Waals surface area contributed by atoms with E-state index >= 15 is 0 Å². The third-order valence-corrected chi connectivity index (χ3v) is 5.33. The maximum Gasteiger partial charge on any atom is 0.251 e. The highest BCUT2D eigenvalue weighted by molar-refractivity contribution is 6.30. The number of aryl methyl sites for hydroxylation is 1. The number of nitriles is 1. The Kier molecular flexibility index (Phi) is 6.74. The van der Waals surface area contributed by atoms with E-state index in [1.54, 1.807) is 18.2 Å². The van der Waals surface area contributed by atoms with E-state index in [2.05, 4.69) is 11.4 Å². The first kappa shape index (κ1) is 21.5. The number of halogens is 1. The summed E-state index contributed by atoms with van der Waals surface area (Å²) in [4.78, 5) is 22.4. The molecule has 32 heavy (non-hydrogen) atoms. The fourth-order valence-corrected chi connectivity index (χ4v) is 3.71. The van der Waals surface area contributed by atoms with Gasteiger partial charge in [0.05, 0.1) is 28.5 Å². The molecule has 0 saturated carbocycles. The van der Waals surface area contributed by atoms with Crippen LogP contribution < -0.4 is 5.32 Å². The van der Waals surface area contributed by atoms with Gasteiger partial charge in [0, 0.05) is 29.1 Å². The Morgan fingerprint density at radius 2 is 1.81 bits per heavy atom. The Balaban J connectivity index is 1.62. The molecular formula is C26H21ClN4O. The van der Waals surface area contributed by atoms with Gasteiger partial charge in [0.15, 0.2) is 0 Å². The summed E-state index contributed by atoms with van der Waals surface area (Å²) in [5.74, 6) is -0.188. The Bertz CT molecular complexity index is 1300. The fraction of sp³-hybridized carbons (Fsp3) is 0.154. The lowest BCUT2D eigenvalue weighted by atomic mass is 10.0. The monoisotopic (exact) mass is 440 g/mol. The molecule has 0 aliphatic carbocycles. The number of carbonyl (C=O) groups excluding carboxylic acids is 1. The molecule has 1 N–H and O–H groups in total. The Morgan fingerprint density at radius 3 is 2.59 bits per heavy atom. The first-order valence-electron chi connectivity index (χ1n) is 10.4. The highest BCUT2D eigenvalue weighted by Gasteiger charge is 2.13. The van der Waals surface area contributed by atoms with Crippen LogP contribution in [-0.4, -0.2) is 15.9 Å². The lowest BCUT2D eigenvalue weighted by Gasteiger charge is -2.11. The minimum absolute atomic E-state index is 0.188. The number of aromatic nitrogens is 2. The van der Waals surface area contributed by atoms with Crippen molar-refractivity contribution in [2.75, 3.05) is 0 Å². The van der Waals surface area contributed by atoms with Gasteiger partial charge in [0.1, 0.15) is 0 Å². The number of benzene rings is 3. The quantitative estimate of drug-likeness (QED) is 0.372. The van der Waals surface area contributed by atoms with E-state index in [-0.39, 0.29) is 5.91 Å².